The Morgan fingerprint density at radius 1 is 1.45 bits per heavy atom. The molecule has 1 heterocycles. The topological polar surface area (TPSA) is 84.0 Å². The van der Waals surface area contributed by atoms with Crippen molar-refractivity contribution < 1.29 is 9.18 Å². The number of carbonyl (C=O) groups is 1. The van der Waals surface area contributed by atoms with Gasteiger partial charge in [-0.2, -0.15) is 0 Å². The highest BCUT2D eigenvalue weighted by Crippen LogP contribution is 2.10. The smallest absolute Gasteiger partial charge is 0.317 e. The van der Waals surface area contributed by atoms with E-state index in [4.69, 9.17) is 0 Å². The van der Waals surface area contributed by atoms with Gasteiger partial charge in [0, 0.05) is 6.54 Å². The molecule has 0 bridgehead atoms. The zero-order chi connectivity index (χ0) is 14.7. The highest BCUT2D eigenvalue weighted by molar-refractivity contribution is 5.80. The first-order valence-electron chi connectivity index (χ1n) is 5.83. The summed E-state index contributed by atoms with van der Waals surface area (Å²) in [7, 11) is 0. The number of H-pyrrole nitrogens is 1. The fraction of sp³-hybridized carbons (Fsp3) is 0.154. The van der Waals surface area contributed by atoms with Gasteiger partial charge in [0.15, 0.2) is 0 Å². The first kappa shape index (κ1) is 13.7. The van der Waals surface area contributed by atoms with Crippen LogP contribution in [-0.2, 0) is 11.3 Å². The number of aromatic amines is 1. The summed E-state index contributed by atoms with van der Waals surface area (Å²) >= 11 is 0. The Labute approximate surface area is 112 Å². The highest BCUT2D eigenvalue weighted by Gasteiger charge is 2.11. The van der Waals surface area contributed by atoms with E-state index >= 15 is 0 Å². The van der Waals surface area contributed by atoms with E-state index in [1.54, 1.807) is 0 Å². The maximum absolute atomic E-state index is 13.1. The lowest BCUT2D eigenvalue weighted by atomic mass is 10.3. The molecule has 0 saturated carbocycles. The summed E-state index contributed by atoms with van der Waals surface area (Å²) < 4.78 is 14.1. The summed E-state index contributed by atoms with van der Waals surface area (Å²) in [5.74, 6) is -0.988. The maximum atomic E-state index is 13.1. The number of nitrogens with one attached hydrogen (secondary N) is 2. The van der Waals surface area contributed by atoms with E-state index in [2.05, 4.69) is 16.9 Å². The van der Waals surface area contributed by atoms with E-state index in [0.717, 1.165) is 16.7 Å². The second kappa shape index (κ2) is 5.52. The molecule has 0 fully saturated rings. The van der Waals surface area contributed by atoms with Crippen LogP contribution >= 0.6 is 0 Å². The number of aromatic nitrogens is 2. The summed E-state index contributed by atoms with van der Waals surface area (Å²) in [6.07, 6.45) is 1.49. The van der Waals surface area contributed by atoms with Gasteiger partial charge < -0.3 is 10.3 Å². The van der Waals surface area contributed by atoms with Gasteiger partial charge in [-0.1, -0.05) is 6.08 Å². The molecule has 6 nitrogen and oxygen atoms in total. The average molecular weight is 277 g/mol. The number of hydrogen-bond donors (Lipinski definition) is 2. The predicted octanol–water partition coefficient (Wildman–Crippen LogP) is 0.131. The molecule has 0 saturated heterocycles. The van der Waals surface area contributed by atoms with Gasteiger partial charge in [-0.15, -0.1) is 6.58 Å². The van der Waals surface area contributed by atoms with Crippen LogP contribution < -0.4 is 16.4 Å². The van der Waals surface area contributed by atoms with E-state index < -0.39 is 22.8 Å². The molecule has 0 aliphatic rings. The van der Waals surface area contributed by atoms with Crippen molar-refractivity contribution in [3.8, 4) is 0 Å². The van der Waals surface area contributed by atoms with Crippen LogP contribution in [0.1, 0.15) is 0 Å². The largest absolute Gasteiger partial charge is 0.351 e. The van der Waals surface area contributed by atoms with Gasteiger partial charge in [0.1, 0.15) is 12.4 Å². The van der Waals surface area contributed by atoms with E-state index in [1.807, 2.05) is 0 Å². The molecule has 0 aliphatic heterocycles. The molecule has 0 unspecified atom stereocenters. The van der Waals surface area contributed by atoms with Crippen molar-refractivity contribution in [1.29, 1.82) is 0 Å². The molecule has 104 valence electrons. The van der Waals surface area contributed by atoms with Crippen molar-refractivity contribution in [3.63, 3.8) is 0 Å². The molecule has 1 aromatic heterocycles. The molecule has 0 aliphatic carbocycles. The van der Waals surface area contributed by atoms with E-state index in [0.29, 0.717) is 0 Å². The van der Waals surface area contributed by atoms with Crippen LogP contribution in [0.3, 0.4) is 0 Å². The van der Waals surface area contributed by atoms with E-state index in [-0.39, 0.29) is 24.1 Å². The summed E-state index contributed by atoms with van der Waals surface area (Å²) in [5, 5.41) is 2.50. The van der Waals surface area contributed by atoms with E-state index in [1.165, 1.54) is 12.1 Å². The zero-order valence-electron chi connectivity index (χ0n) is 10.5. The minimum absolute atomic E-state index is 0.158. The minimum atomic E-state index is -0.903. The monoisotopic (exact) mass is 277 g/mol. The normalized spacial score (nSPS) is 10.4. The number of halogens is 1. The van der Waals surface area contributed by atoms with Crippen LogP contribution in [0.2, 0.25) is 0 Å². The van der Waals surface area contributed by atoms with Crippen molar-refractivity contribution in [2.45, 2.75) is 6.54 Å². The molecule has 20 heavy (non-hydrogen) atoms. The first-order chi connectivity index (χ1) is 9.52. The van der Waals surface area contributed by atoms with Crippen molar-refractivity contribution in [2.24, 2.45) is 0 Å². The SMILES string of the molecule is C=CCNC(=O)Cn1c(=O)c(=O)[nH]c2cc(F)ccc21. The van der Waals surface area contributed by atoms with Crippen molar-refractivity contribution in [2.75, 3.05) is 6.54 Å². The number of nitrogens with zero attached hydrogens (tertiary/aromatic N) is 1. The highest BCUT2D eigenvalue weighted by atomic mass is 19.1. The van der Waals surface area contributed by atoms with Gasteiger partial charge in [0.05, 0.1) is 11.0 Å². The van der Waals surface area contributed by atoms with Gasteiger partial charge in [-0.25, -0.2) is 4.39 Å². The Kier molecular flexibility index (Phi) is 3.79. The molecule has 2 rings (SSSR count). The Balaban J connectivity index is 2.53. The number of hydrogen-bond acceptors (Lipinski definition) is 3. The fourth-order valence-electron chi connectivity index (χ4n) is 1.79. The molecule has 0 atom stereocenters. The summed E-state index contributed by atoms with van der Waals surface area (Å²) in [6, 6.07) is 3.58. The van der Waals surface area contributed by atoms with Gasteiger partial charge in [0.25, 0.3) is 0 Å². The van der Waals surface area contributed by atoms with Gasteiger partial charge in [0.2, 0.25) is 5.91 Å². The van der Waals surface area contributed by atoms with Crippen molar-refractivity contribution >= 4 is 16.9 Å². The molecular weight excluding hydrogens is 265 g/mol. The molecule has 0 spiro atoms. The predicted molar refractivity (Wildman–Crippen MR) is 72.0 cm³/mol. The van der Waals surface area contributed by atoms with Gasteiger partial charge >= 0.3 is 11.1 Å². The lowest BCUT2D eigenvalue weighted by Crippen LogP contribution is -2.40. The summed E-state index contributed by atoms with van der Waals surface area (Å²) in [5.41, 5.74) is -1.33. The summed E-state index contributed by atoms with van der Waals surface area (Å²) in [4.78, 5) is 37.2. The Hall–Kier alpha value is -2.70. The number of carbonyl (C=O) groups excluding carboxylic acids is 1. The number of fused-ring (bicyclic) bond motifs is 1. The van der Waals surface area contributed by atoms with Crippen molar-refractivity contribution in [3.05, 3.63) is 57.4 Å². The van der Waals surface area contributed by atoms with Crippen LogP contribution in [0.15, 0.2) is 40.4 Å². The number of rotatable bonds is 4. The molecular formula is C13H12FN3O3. The zero-order valence-corrected chi connectivity index (χ0v) is 10.5. The second-order valence-corrected chi connectivity index (χ2v) is 4.10. The van der Waals surface area contributed by atoms with Crippen LogP contribution in [0.25, 0.3) is 11.0 Å². The lowest BCUT2D eigenvalue weighted by molar-refractivity contribution is -0.121. The van der Waals surface area contributed by atoms with Crippen LogP contribution in [0, 0.1) is 5.82 Å². The number of amides is 1. The molecule has 0 radical (unpaired) electrons. The third kappa shape index (κ3) is 2.66. The molecule has 2 N–H and O–H groups in total. The summed E-state index contributed by atoms with van der Waals surface area (Å²) in [6.45, 7) is 3.38. The van der Waals surface area contributed by atoms with Crippen molar-refractivity contribution in [1.82, 2.24) is 14.9 Å². The Morgan fingerprint density at radius 3 is 2.90 bits per heavy atom. The van der Waals surface area contributed by atoms with Crippen LogP contribution in [0.4, 0.5) is 4.39 Å². The lowest BCUT2D eigenvalue weighted by Gasteiger charge is -2.09. The molecule has 1 aromatic carbocycles. The Bertz CT molecular complexity index is 792. The van der Waals surface area contributed by atoms with Crippen LogP contribution in [0.5, 0.6) is 0 Å². The second-order valence-electron chi connectivity index (χ2n) is 4.10. The van der Waals surface area contributed by atoms with E-state index in [9.17, 15) is 18.8 Å². The first-order valence-corrected chi connectivity index (χ1v) is 5.83. The third-order valence-corrected chi connectivity index (χ3v) is 2.68. The van der Waals surface area contributed by atoms with Gasteiger partial charge in [-0.3, -0.25) is 19.0 Å². The van der Waals surface area contributed by atoms with Gasteiger partial charge in [-0.05, 0) is 18.2 Å². The standard InChI is InChI=1S/C13H12FN3O3/c1-2-5-15-11(18)7-17-10-4-3-8(14)6-9(10)16-12(19)13(17)20/h2-4,6H,1,5,7H2,(H,15,18)(H,16,19). The minimum Gasteiger partial charge on any atom is -0.351 e. The van der Waals surface area contributed by atoms with Crippen LogP contribution in [-0.4, -0.2) is 22.0 Å². The molecule has 1 amide bonds. The Morgan fingerprint density at radius 2 is 2.20 bits per heavy atom. The molecule has 2 aromatic rings. The maximum Gasteiger partial charge on any atom is 0.317 e. The third-order valence-electron chi connectivity index (χ3n) is 2.68. The quantitative estimate of drug-likeness (QED) is 0.615. The molecule has 7 heteroatoms. The fourth-order valence-corrected chi connectivity index (χ4v) is 1.79. The average Bonchev–Trinajstić information content (AvgIpc) is 2.41. The number of benzene rings is 1.